The number of piperazine rings is 1. The third-order valence-electron chi connectivity index (χ3n) is 3.52. The number of hydrogen-bond donors (Lipinski definition) is 2. The van der Waals surface area contributed by atoms with Gasteiger partial charge in [-0.2, -0.15) is 0 Å². The van der Waals surface area contributed by atoms with E-state index in [1.165, 1.54) is 5.56 Å². The smallest absolute Gasteiger partial charge is 0.323 e. The fraction of sp³-hybridized carbons (Fsp3) is 0.375. The summed E-state index contributed by atoms with van der Waals surface area (Å²) in [5.41, 5.74) is 1.18. The molecule has 6 nitrogen and oxygen atoms in total. The molecule has 1 aromatic rings. The molecule has 0 radical (unpaired) electrons. The standard InChI is InChI=1S/C16H21N3O3/c20-15(21)13-17-16(22)19-11-9-18(10-12-19)8-4-7-14-5-2-1-3-6-14/h1-7H,8-13H2,(H,17,22)(H,20,21)/b7-4+. The fourth-order valence-corrected chi connectivity index (χ4v) is 2.30. The summed E-state index contributed by atoms with van der Waals surface area (Å²) in [5, 5.41) is 10.9. The van der Waals surface area contributed by atoms with Crippen LogP contribution in [0.2, 0.25) is 0 Å². The van der Waals surface area contributed by atoms with E-state index in [9.17, 15) is 9.59 Å². The highest BCUT2D eigenvalue weighted by Gasteiger charge is 2.20. The van der Waals surface area contributed by atoms with Gasteiger partial charge in [-0.05, 0) is 5.56 Å². The van der Waals surface area contributed by atoms with Gasteiger partial charge in [-0.1, -0.05) is 42.5 Å². The Morgan fingerprint density at radius 1 is 1.14 bits per heavy atom. The Labute approximate surface area is 130 Å². The number of hydrogen-bond acceptors (Lipinski definition) is 3. The second-order valence-corrected chi connectivity index (χ2v) is 5.15. The molecule has 0 saturated carbocycles. The Kier molecular flexibility index (Phi) is 5.97. The summed E-state index contributed by atoms with van der Waals surface area (Å²) < 4.78 is 0. The van der Waals surface area contributed by atoms with Gasteiger partial charge in [0, 0.05) is 32.7 Å². The number of carboxylic acids is 1. The van der Waals surface area contributed by atoms with Crippen molar-refractivity contribution < 1.29 is 14.7 Å². The SMILES string of the molecule is O=C(O)CNC(=O)N1CCN(C/C=C/c2ccccc2)CC1. The van der Waals surface area contributed by atoms with E-state index in [0.717, 1.165) is 19.6 Å². The highest BCUT2D eigenvalue weighted by Crippen LogP contribution is 2.04. The Balaban J connectivity index is 1.70. The summed E-state index contributed by atoms with van der Waals surface area (Å²) in [6, 6.07) is 9.82. The van der Waals surface area contributed by atoms with Crippen LogP contribution in [-0.4, -0.2) is 66.2 Å². The molecule has 2 amide bonds. The van der Waals surface area contributed by atoms with Gasteiger partial charge in [0.25, 0.3) is 0 Å². The van der Waals surface area contributed by atoms with Crippen molar-refractivity contribution in [2.45, 2.75) is 0 Å². The van der Waals surface area contributed by atoms with Crippen molar-refractivity contribution >= 4 is 18.1 Å². The number of benzene rings is 1. The van der Waals surface area contributed by atoms with Gasteiger partial charge in [-0.25, -0.2) is 4.79 Å². The molecule has 0 unspecified atom stereocenters. The van der Waals surface area contributed by atoms with Gasteiger partial charge in [-0.15, -0.1) is 0 Å². The number of urea groups is 1. The maximum absolute atomic E-state index is 11.7. The zero-order valence-corrected chi connectivity index (χ0v) is 12.4. The van der Waals surface area contributed by atoms with E-state index >= 15 is 0 Å². The van der Waals surface area contributed by atoms with Crippen molar-refractivity contribution in [1.82, 2.24) is 15.1 Å². The Morgan fingerprint density at radius 2 is 1.82 bits per heavy atom. The molecule has 118 valence electrons. The summed E-state index contributed by atoms with van der Waals surface area (Å²) in [6.45, 7) is 3.33. The molecule has 1 saturated heterocycles. The molecule has 1 aliphatic heterocycles. The van der Waals surface area contributed by atoms with Crippen LogP contribution in [-0.2, 0) is 4.79 Å². The summed E-state index contributed by atoms with van der Waals surface area (Å²) in [4.78, 5) is 26.1. The molecule has 1 heterocycles. The van der Waals surface area contributed by atoms with E-state index in [1.54, 1.807) is 4.90 Å². The number of carboxylic acid groups (broad SMARTS) is 1. The number of carbonyl (C=O) groups excluding carboxylic acids is 1. The van der Waals surface area contributed by atoms with Crippen LogP contribution in [0.25, 0.3) is 6.08 Å². The molecular weight excluding hydrogens is 282 g/mol. The molecule has 1 aliphatic rings. The highest BCUT2D eigenvalue weighted by molar-refractivity contribution is 5.80. The Hall–Kier alpha value is -2.34. The van der Waals surface area contributed by atoms with Crippen LogP contribution in [0, 0.1) is 0 Å². The van der Waals surface area contributed by atoms with E-state index in [2.05, 4.69) is 34.5 Å². The van der Waals surface area contributed by atoms with Crippen LogP contribution in [0.4, 0.5) is 4.79 Å². The van der Waals surface area contributed by atoms with E-state index in [-0.39, 0.29) is 12.6 Å². The quantitative estimate of drug-likeness (QED) is 0.855. The van der Waals surface area contributed by atoms with Crippen molar-refractivity contribution in [2.75, 3.05) is 39.3 Å². The van der Waals surface area contributed by atoms with Crippen LogP contribution in [0.1, 0.15) is 5.56 Å². The van der Waals surface area contributed by atoms with Gasteiger partial charge in [0.1, 0.15) is 6.54 Å². The molecule has 0 aliphatic carbocycles. The maximum atomic E-state index is 11.7. The lowest BCUT2D eigenvalue weighted by molar-refractivity contribution is -0.135. The number of aliphatic carboxylic acids is 1. The Bertz CT molecular complexity index is 523. The first kappa shape index (κ1) is 16.0. The number of amides is 2. The number of nitrogens with one attached hydrogen (secondary N) is 1. The molecule has 2 rings (SSSR count). The zero-order chi connectivity index (χ0) is 15.8. The molecule has 22 heavy (non-hydrogen) atoms. The number of nitrogens with zero attached hydrogens (tertiary/aromatic N) is 2. The first-order valence-electron chi connectivity index (χ1n) is 7.33. The van der Waals surface area contributed by atoms with Crippen molar-refractivity contribution in [3.8, 4) is 0 Å². The molecular formula is C16H21N3O3. The molecule has 0 aromatic heterocycles. The van der Waals surface area contributed by atoms with Crippen LogP contribution < -0.4 is 5.32 Å². The van der Waals surface area contributed by atoms with E-state index in [4.69, 9.17) is 5.11 Å². The third-order valence-corrected chi connectivity index (χ3v) is 3.52. The average Bonchev–Trinajstić information content (AvgIpc) is 2.54. The van der Waals surface area contributed by atoms with Gasteiger partial charge in [0.2, 0.25) is 0 Å². The molecule has 6 heteroatoms. The third kappa shape index (κ3) is 5.21. The molecule has 2 N–H and O–H groups in total. The highest BCUT2D eigenvalue weighted by atomic mass is 16.4. The zero-order valence-electron chi connectivity index (χ0n) is 12.4. The summed E-state index contributed by atoms with van der Waals surface area (Å²) in [6.07, 6.45) is 4.21. The predicted molar refractivity (Wildman–Crippen MR) is 84.5 cm³/mol. The van der Waals surface area contributed by atoms with Crippen LogP contribution >= 0.6 is 0 Å². The number of carbonyl (C=O) groups is 2. The predicted octanol–water partition coefficient (Wildman–Crippen LogP) is 1.11. The Morgan fingerprint density at radius 3 is 2.45 bits per heavy atom. The van der Waals surface area contributed by atoms with E-state index < -0.39 is 5.97 Å². The molecule has 0 bridgehead atoms. The van der Waals surface area contributed by atoms with Crippen molar-refractivity contribution in [2.24, 2.45) is 0 Å². The molecule has 0 spiro atoms. The minimum absolute atomic E-state index is 0.304. The van der Waals surface area contributed by atoms with Crippen molar-refractivity contribution in [3.63, 3.8) is 0 Å². The van der Waals surface area contributed by atoms with Gasteiger partial charge < -0.3 is 15.3 Å². The lowest BCUT2D eigenvalue weighted by atomic mass is 10.2. The minimum atomic E-state index is -1.03. The summed E-state index contributed by atoms with van der Waals surface area (Å²) in [7, 11) is 0. The summed E-state index contributed by atoms with van der Waals surface area (Å²) in [5.74, 6) is -1.03. The van der Waals surface area contributed by atoms with Crippen molar-refractivity contribution in [1.29, 1.82) is 0 Å². The average molecular weight is 303 g/mol. The van der Waals surface area contributed by atoms with E-state index in [1.807, 2.05) is 18.2 Å². The molecule has 1 fully saturated rings. The molecule has 1 aromatic carbocycles. The first-order chi connectivity index (χ1) is 10.6. The largest absolute Gasteiger partial charge is 0.480 e. The first-order valence-corrected chi connectivity index (χ1v) is 7.33. The minimum Gasteiger partial charge on any atom is -0.480 e. The molecule has 0 atom stereocenters. The van der Waals surface area contributed by atoms with Gasteiger partial charge in [0.15, 0.2) is 0 Å². The lowest BCUT2D eigenvalue weighted by Gasteiger charge is -2.34. The van der Waals surface area contributed by atoms with Crippen LogP contribution in [0.15, 0.2) is 36.4 Å². The van der Waals surface area contributed by atoms with Gasteiger partial charge in [0.05, 0.1) is 0 Å². The second kappa shape index (κ2) is 8.19. The van der Waals surface area contributed by atoms with Crippen LogP contribution in [0.3, 0.4) is 0 Å². The monoisotopic (exact) mass is 303 g/mol. The maximum Gasteiger partial charge on any atom is 0.323 e. The van der Waals surface area contributed by atoms with Crippen LogP contribution in [0.5, 0.6) is 0 Å². The summed E-state index contributed by atoms with van der Waals surface area (Å²) >= 11 is 0. The lowest BCUT2D eigenvalue weighted by Crippen LogP contribution is -2.52. The normalized spacial score (nSPS) is 15.9. The topological polar surface area (TPSA) is 72.9 Å². The van der Waals surface area contributed by atoms with Gasteiger partial charge >= 0.3 is 12.0 Å². The van der Waals surface area contributed by atoms with E-state index in [0.29, 0.717) is 13.1 Å². The van der Waals surface area contributed by atoms with Crippen molar-refractivity contribution in [3.05, 3.63) is 42.0 Å². The fourth-order valence-electron chi connectivity index (χ4n) is 2.30. The van der Waals surface area contributed by atoms with Gasteiger partial charge in [-0.3, -0.25) is 9.69 Å². The second-order valence-electron chi connectivity index (χ2n) is 5.15. The number of rotatable bonds is 5.